The van der Waals surface area contributed by atoms with E-state index in [4.69, 9.17) is 19.5 Å². The minimum Gasteiger partial charge on any atom is -0.496 e. The largest absolute Gasteiger partial charge is 0.496 e. The SMILES string of the molecule is COCCN(CCOC)c1cccc(OC)c1C(O)c1ccc(C#N)cc1. The average Bonchev–Trinajstić information content (AvgIpc) is 2.73. The van der Waals surface area contributed by atoms with E-state index in [2.05, 4.69) is 11.0 Å². The third kappa shape index (κ3) is 5.20. The highest BCUT2D eigenvalue weighted by Gasteiger charge is 2.23. The van der Waals surface area contributed by atoms with Crippen molar-refractivity contribution in [1.82, 2.24) is 0 Å². The number of nitriles is 1. The summed E-state index contributed by atoms with van der Waals surface area (Å²) in [6.07, 6.45) is -0.892. The number of methoxy groups -OCH3 is 3. The van der Waals surface area contributed by atoms with Gasteiger partial charge in [0.15, 0.2) is 0 Å². The lowest BCUT2D eigenvalue weighted by molar-refractivity contribution is 0.189. The van der Waals surface area contributed by atoms with Crippen LogP contribution >= 0.6 is 0 Å². The first kappa shape index (κ1) is 20.7. The molecule has 27 heavy (non-hydrogen) atoms. The number of aliphatic hydroxyl groups excluding tert-OH is 1. The maximum Gasteiger partial charge on any atom is 0.127 e. The summed E-state index contributed by atoms with van der Waals surface area (Å²) in [4.78, 5) is 2.11. The molecule has 0 radical (unpaired) electrons. The van der Waals surface area contributed by atoms with Crippen molar-refractivity contribution in [2.45, 2.75) is 6.10 Å². The number of rotatable bonds is 10. The van der Waals surface area contributed by atoms with Gasteiger partial charge in [0.1, 0.15) is 11.9 Å². The summed E-state index contributed by atoms with van der Waals surface area (Å²) in [7, 11) is 4.90. The van der Waals surface area contributed by atoms with Gasteiger partial charge >= 0.3 is 0 Å². The quantitative estimate of drug-likeness (QED) is 0.693. The molecule has 1 unspecified atom stereocenters. The van der Waals surface area contributed by atoms with Crippen LogP contribution in [0.15, 0.2) is 42.5 Å². The third-order valence-electron chi connectivity index (χ3n) is 4.36. The number of anilines is 1. The average molecular weight is 370 g/mol. The molecule has 0 aliphatic carbocycles. The Balaban J connectivity index is 2.46. The molecule has 0 aliphatic rings. The zero-order valence-corrected chi connectivity index (χ0v) is 16.0. The van der Waals surface area contributed by atoms with Crippen LogP contribution in [0.3, 0.4) is 0 Å². The molecule has 6 nitrogen and oxygen atoms in total. The smallest absolute Gasteiger partial charge is 0.127 e. The van der Waals surface area contributed by atoms with E-state index in [0.29, 0.717) is 48.7 Å². The maximum absolute atomic E-state index is 11.1. The molecule has 0 aliphatic heterocycles. The maximum atomic E-state index is 11.1. The Labute approximate surface area is 160 Å². The number of nitrogens with zero attached hydrogens (tertiary/aromatic N) is 2. The number of hydrogen-bond acceptors (Lipinski definition) is 6. The van der Waals surface area contributed by atoms with E-state index < -0.39 is 6.10 Å². The highest BCUT2D eigenvalue weighted by Crippen LogP contribution is 2.38. The Kier molecular flexibility index (Phi) is 8.08. The number of hydrogen-bond donors (Lipinski definition) is 1. The molecule has 2 rings (SSSR count). The number of aliphatic hydroxyl groups is 1. The van der Waals surface area contributed by atoms with Crippen LogP contribution < -0.4 is 9.64 Å². The predicted octanol–water partition coefficient (Wildman–Crippen LogP) is 2.75. The third-order valence-corrected chi connectivity index (χ3v) is 4.36. The van der Waals surface area contributed by atoms with Crippen LogP contribution in [0, 0.1) is 11.3 Å². The summed E-state index contributed by atoms with van der Waals surface area (Å²) in [5.74, 6) is 0.601. The Morgan fingerprint density at radius 2 is 1.63 bits per heavy atom. The van der Waals surface area contributed by atoms with Gasteiger partial charge in [0, 0.05) is 33.0 Å². The lowest BCUT2D eigenvalue weighted by atomic mass is 9.97. The molecule has 0 saturated heterocycles. The Bertz CT molecular complexity index is 748. The normalized spacial score (nSPS) is 11.7. The van der Waals surface area contributed by atoms with E-state index in [1.165, 1.54) is 0 Å². The summed E-state index contributed by atoms with van der Waals surface area (Å²) >= 11 is 0. The van der Waals surface area contributed by atoms with Gasteiger partial charge in [-0.2, -0.15) is 5.26 Å². The first-order valence-electron chi connectivity index (χ1n) is 8.74. The topological polar surface area (TPSA) is 75.0 Å². The van der Waals surface area contributed by atoms with Gasteiger partial charge in [-0.15, -0.1) is 0 Å². The van der Waals surface area contributed by atoms with E-state index in [1.807, 2.05) is 18.2 Å². The van der Waals surface area contributed by atoms with E-state index in [0.717, 1.165) is 5.69 Å². The number of ether oxygens (including phenoxy) is 3. The van der Waals surface area contributed by atoms with Gasteiger partial charge in [-0.3, -0.25) is 0 Å². The molecule has 0 bridgehead atoms. The highest BCUT2D eigenvalue weighted by molar-refractivity contribution is 5.62. The molecule has 144 valence electrons. The van der Waals surface area contributed by atoms with Gasteiger partial charge < -0.3 is 24.2 Å². The van der Waals surface area contributed by atoms with Crippen molar-refractivity contribution in [3.05, 3.63) is 59.2 Å². The molecule has 0 saturated carbocycles. The van der Waals surface area contributed by atoms with Gasteiger partial charge in [0.25, 0.3) is 0 Å². The highest BCUT2D eigenvalue weighted by atomic mass is 16.5. The molecule has 2 aromatic rings. The van der Waals surface area contributed by atoms with Crippen molar-refractivity contribution >= 4 is 5.69 Å². The van der Waals surface area contributed by atoms with Gasteiger partial charge in [-0.05, 0) is 29.8 Å². The molecule has 0 heterocycles. The lowest BCUT2D eigenvalue weighted by Crippen LogP contribution is -2.32. The van der Waals surface area contributed by atoms with Crippen LogP contribution in [-0.2, 0) is 9.47 Å². The predicted molar refractivity (Wildman–Crippen MR) is 104 cm³/mol. The zero-order chi connectivity index (χ0) is 19.6. The molecule has 1 N–H and O–H groups in total. The van der Waals surface area contributed by atoms with Gasteiger partial charge in [0.2, 0.25) is 0 Å². The molecule has 0 amide bonds. The van der Waals surface area contributed by atoms with E-state index in [1.54, 1.807) is 45.6 Å². The second kappa shape index (κ2) is 10.5. The molecule has 1 atom stereocenters. The fourth-order valence-electron chi connectivity index (χ4n) is 2.92. The second-order valence-electron chi connectivity index (χ2n) is 6.00. The van der Waals surface area contributed by atoms with Gasteiger partial charge in [-0.25, -0.2) is 0 Å². The molecule has 2 aromatic carbocycles. The monoisotopic (exact) mass is 370 g/mol. The fraction of sp³-hybridized carbons (Fsp3) is 0.381. The summed E-state index contributed by atoms with van der Waals surface area (Å²) in [6.45, 7) is 2.40. The van der Waals surface area contributed by atoms with Crippen LogP contribution in [0.25, 0.3) is 0 Å². The van der Waals surface area contributed by atoms with Gasteiger partial charge in [-0.1, -0.05) is 18.2 Å². The molecule has 0 spiro atoms. The van der Waals surface area contributed by atoms with Crippen molar-refractivity contribution in [3.8, 4) is 11.8 Å². The molecular formula is C21H26N2O4. The van der Waals surface area contributed by atoms with Crippen LogP contribution in [0.5, 0.6) is 5.75 Å². The van der Waals surface area contributed by atoms with Crippen molar-refractivity contribution in [2.24, 2.45) is 0 Å². The molecule has 6 heteroatoms. The Morgan fingerprint density at radius 3 is 2.15 bits per heavy atom. The van der Waals surface area contributed by atoms with Crippen LogP contribution in [0.2, 0.25) is 0 Å². The van der Waals surface area contributed by atoms with Crippen molar-refractivity contribution in [3.63, 3.8) is 0 Å². The second-order valence-corrected chi connectivity index (χ2v) is 6.00. The van der Waals surface area contributed by atoms with E-state index in [-0.39, 0.29) is 0 Å². The molecule has 0 fully saturated rings. The van der Waals surface area contributed by atoms with E-state index in [9.17, 15) is 5.11 Å². The Hall–Kier alpha value is -2.59. The molecular weight excluding hydrogens is 344 g/mol. The minimum absolute atomic E-state index is 0.549. The van der Waals surface area contributed by atoms with Gasteiger partial charge in [0.05, 0.1) is 37.5 Å². The van der Waals surface area contributed by atoms with Crippen LogP contribution in [-0.4, -0.2) is 52.7 Å². The van der Waals surface area contributed by atoms with Crippen LogP contribution in [0.4, 0.5) is 5.69 Å². The minimum atomic E-state index is -0.892. The summed E-state index contributed by atoms with van der Waals surface area (Å²) < 4.78 is 16.0. The van der Waals surface area contributed by atoms with Crippen molar-refractivity contribution in [1.29, 1.82) is 5.26 Å². The van der Waals surface area contributed by atoms with Crippen LogP contribution in [0.1, 0.15) is 22.8 Å². The zero-order valence-electron chi connectivity index (χ0n) is 16.0. The molecule has 0 aromatic heterocycles. The lowest BCUT2D eigenvalue weighted by Gasteiger charge is -2.29. The first-order chi connectivity index (χ1) is 13.2. The summed E-state index contributed by atoms with van der Waals surface area (Å²) in [5, 5.41) is 20.1. The standard InChI is InChI=1S/C21H26N2O4/c1-25-13-11-23(12-14-26-2)18-5-4-6-19(27-3)20(18)21(24)17-9-7-16(15-22)8-10-17/h4-10,21,24H,11-14H2,1-3H3. The fourth-order valence-corrected chi connectivity index (χ4v) is 2.92. The summed E-state index contributed by atoms with van der Waals surface area (Å²) in [6, 6.07) is 14.7. The van der Waals surface area contributed by atoms with Crippen molar-refractivity contribution in [2.75, 3.05) is 52.5 Å². The van der Waals surface area contributed by atoms with E-state index >= 15 is 0 Å². The first-order valence-corrected chi connectivity index (χ1v) is 8.74. The van der Waals surface area contributed by atoms with Crippen molar-refractivity contribution < 1.29 is 19.3 Å². The summed E-state index contributed by atoms with van der Waals surface area (Å²) in [5.41, 5.74) is 2.78. The Morgan fingerprint density at radius 1 is 1.00 bits per heavy atom. The number of benzene rings is 2.